The fourth-order valence-corrected chi connectivity index (χ4v) is 4.63. The minimum Gasteiger partial charge on any atom is -0.496 e. The third kappa shape index (κ3) is 4.17. The molecule has 0 aromatic heterocycles. The molecule has 1 aliphatic rings. The Labute approximate surface area is 134 Å². The fourth-order valence-electron chi connectivity index (χ4n) is 3.15. The summed E-state index contributed by atoms with van der Waals surface area (Å²) in [7, 11) is 3.84. The summed E-state index contributed by atoms with van der Waals surface area (Å²) in [5, 5.41) is 4.33. The van der Waals surface area contributed by atoms with Crippen molar-refractivity contribution in [2.45, 2.75) is 57.2 Å². The molecule has 1 aromatic carbocycles. The summed E-state index contributed by atoms with van der Waals surface area (Å²) in [6, 6.07) is 4.80. The number of hydrogen-bond donors (Lipinski definition) is 1. The zero-order chi connectivity index (χ0) is 15.2. The van der Waals surface area contributed by atoms with Gasteiger partial charge in [-0.25, -0.2) is 0 Å². The Morgan fingerprint density at radius 1 is 1.24 bits per heavy atom. The first-order valence-corrected chi connectivity index (χ1v) is 9.15. The summed E-state index contributed by atoms with van der Waals surface area (Å²) in [6.45, 7) is 4.30. The zero-order valence-corrected chi connectivity index (χ0v) is 14.7. The second kappa shape index (κ2) is 8.09. The van der Waals surface area contributed by atoms with Crippen molar-refractivity contribution >= 4 is 11.8 Å². The van der Waals surface area contributed by atoms with Crippen LogP contribution in [0, 0.1) is 13.8 Å². The SMILES string of the molecule is CNC(CSC1CCCCC1)c1ccc(C)c(C)c1OC. The predicted molar refractivity (Wildman–Crippen MR) is 93.6 cm³/mol. The normalized spacial score (nSPS) is 17.7. The minimum atomic E-state index is 0.367. The molecule has 0 saturated heterocycles. The van der Waals surface area contributed by atoms with Crippen LogP contribution in [-0.4, -0.2) is 25.2 Å². The van der Waals surface area contributed by atoms with Gasteiger partial charge in [0.05, 0.1) is 7.11 Å². The smallest absolute Gasteiger partial charge is 0.126 e. The second-order valence-electron chi connectivity index (χ2n) is 6.06. The van der Waals surface area contributed by atoms with Crippen molar-refractivity contribution in [3.05, 3.63) is 28.8 Å². The maximum absolute atomic E-state index is 5.68. The van der Waals surface area contributed by atoms with Crippen LogP contribution in [0.15, 0.2) is 12.1 Å². The molecule has 0 spiro atoms. The van der Waals surface area contributed by atoms with Gasteiger partial charge in [0, 0.05) is 22.6 Å². The summed E-state index contributed by atoms with van der Waals surface area (Å²) >= 11 is 2.14. The summed E-state index contributed by atoms with van der Waals surface area (Å²) < 4.78 is 5.68. The van der Waals surface area contributed by atoms with Gasteiger partial charge in [0.2, 0.25) is 0 Å². The number of nitrogens with one attached hydrogen (secondary N) is 1. The standard InChI is InChI=1S/C18H29NOS/c1-13-10-11-16(18(20-4)14(13)2)17(19-3)12-21-15-8-6-5-7-9-15/h10-11,15,17,19H,5-9,12H2,1-4H3. The van der Waals surface area contributed by atoms with E-state index in [0.717, 1.165) is 16.8 Å². The van der Waals surface area contributed by atoms with Crippen molar-refractivity contribution in [3.8, 4) is 5.75 Å². The van der Waals surface area contributed by atoms with Crippen LogP contribution in [0.4, 0.5) is 0 Å². The number of rotatable bonds is 6. The number of benzene rings is 1. The first-order valence-electron chi connectivity index (χ1n) is 8.10. The monoisotopic (exact) mass is 307 g/mol. The third-order valence-corrected chi connectivity index (χ3v) is 6.15. The molecule has 1 N–H and O–H groups in total. The van der Waals surface area contributed by atoms with E-state index in [0.29, 0.717) is 6.04 Å². The molecule has 0 aliphatic heterocycles. The van der Waals surface area contributed by atoms with E-state index in [1.165, 1.54) is 48.8 Å². The first kappa shape index (κ1) is 16.7. The molecule has 1 saturated carbocycles. The second-order valence-corrected chi connectivity index (χ2v) is 7.40. The lowest BCUT2D eigenvalue weighted by Gasteiger charge is -2.25. The van der Waals surface area contributed by atoms with Gasteiger partial charge < -0.3 is 10.1 Å². The number of thioether (sulfide) groups is 1. The highest BCUT2D eigenvalue weighted by Gasteiger charge is 2.20. The Morgan fingerprint density at radius 3 is 2.57 bits per heavy atom. The van der Waals surface area contributed by atoms with Crippen LogP contribution in [0.25, 0.3) is 0 Å². The zero-order valence-electron chi connectivity index (χ0n) is 13.9. The summed E-state index contributed by atoms with van der Waals surface area (Å²) in [6.07, 6.45) is 7.04. The van der Waals surface area contributed by atoms with Gasteiger partial charge in [0.15, 0.2) is 0 Å². The Bertz CT molecular complexity index is 455. The van der Waals surface area contributed by atoms with Crippen LogP contribution in [-0.2, 0) is 0 Å². The van der Waals surface area contributed by atoms with Crippen molar-refractivity contribution in [3.63, 3.8) is 0 Å². The molecule has 1 aromatic rings. The van der Waals surface area contributed by atoms with Crippen molar-refractivity contribution in [1.29, 1.82) is 0 Å². The van der Waals surface area contributed by atoms with Gasteiger partial charge in [0.1, 0.15) is 5.75 Å². The van der Waals surface area contributed by atoms with Crippen LogP contribution in [0.2, 0.25) is 0 Å². The Hall–Kier alpha value is -0.670. The molecule has 0 amide bonds. The molecular weight excluding hydrogens is 278 g/mol. The Kier molecular flexibility index (Phi) is 6.43. The van der Waals surface area contributed by atoms with Gasteiger partial charge in [-0.3, -0.25) is 0 Å². The van der Waals surface area contributed by atoms with Crippen molar-refractivity contribution in [1.82, 2.24) is 5.32 Å². The molecule has 2 nitrogen and oxygen atoms in total. The number of hydrogen-bond acceptors (Lipinski definition) is 3. The van der Waals surface area contributed by atoms with E-state index in [1.54, 1.807) is 7.11 Å². The van der Waals surface area contributed by atoms with Crippen molar-refractivity contribution < 1.29 is 4.74 Å². The summed E-state index contributed by atoms with van der Waals surface area (Å²) in [4.78, 5) is 0. The van der Waals surface area contributed by atoms with E-state index in [-0.39, 0.29) is 0 Å². The average Bonchev–Trinajstić information content (AvgIpc) is 2.52. The van der Waals surface area contributed by atoms with Crippen molar-refractivity contribution in [2.75, 3.05) is 19.9 Å². The lowest BCUT2D eigenvalue weighted by Crippen LogP contribution is -2.22. The Balaban J connectivity index is 2.08. The molecule has 3 heteroatoms. The maximum atomic E-state index is 5.68. The highest BCUT2D eigenvalue weighted by molar-refractivity contribution is 7.99. The molecule has 0 radical (unpaired) electrons. The largest absolute Gasteiger partial charge is 0.496 e. The molecule has 118 valence electrons. The van der Waals surface area contributed by atoms with E-state index in [4.69, 9.17) is 4.74 Å². The van der Waals surface area contributed by atoms with E-state index in [1.807, 2.05) is 0 Å². The lowest BCUT2D eigenvalue weighted by atomic mass is 10.00. The molecule has 1 unspecified atom stereocenters. The number of methoxy groups -OCH3 is 1. The molecule has 0 heterocycles. The fraction of sp³-hybridized carbons (Fsp3) is 0.667. The number of ether oxygens (including phenoxy) is 1. The molecule has 2 rings (SSSR count). The van der Waals surface area contributed by atoms with Gasteiger partial charge in [-0.1, -0.05) is 31.4 Å². The molecule has 1 atom stereocenters. The lowest BCUT2D eigenvalue weighted by molar-refractivity contribution is 0.400. The van der Waals surface area contributed by atoms with Gasteiger partial charge >= 0.3 is 0 Å². The quantitative estimate of drug-likeness (QED) is 0.827. The molecule has 1 fully saturated rings. The molecule has 0 bridgehead atoms. The topological polar surface area (TPSA) is 21.3 Å². The summed E-state index contributed by atoms with van der Waals surface area (Å²) in [5.41, 5.74) is 3.86. The van der Waals surface area contributed by atoms with E-state index < -0.39 is 0 Å². The molecular formula is C18H29NOS. The highest BCUT2D eigenvalue weighted by atomic mass is 32.2. The Morgan fingerprint density at radius 2 is 1.95 bits per heavy atom. The van der Waals surface area contributed by atoms with E-state index in [2.05, 4.69) is 50.1 Å². The van der Waals surface area contributed by atoms with Crippen LogP contribution in [0.1, 0.15) is 54.8 Å². The van der Waals surface area contributed by atoms with Gasteiger partial charge in [-0.15, -0.1) is 0 Å². The molecule has 21 heavy (non-hydrogen) atoms. The van der Waals surface area contributed by atoms with Crippen LogP contribution in [0.5, 0.6) is 5.75 Å². The van der Waals surface area contributed by atoms with E-state index >= 15 is 0 Å². The third-order valence-electron chi connectivity index (χ3n) is 4.69. The first-order chi connectivity index (χ1) is 10.2. The predicted octanol–water partition coefficient (Wildman–Crippen LogP) is 4.64. The maximum Gasteiger partial charge on any atom is 0.126 e. The number of aryl methyl sites for hydroxylation is 1. The minimum absolute atomic E-state index is 0.367. The summed E-state index contributed by atoms with van der Waals surface area (Å²) in [5.74, 6) is 2.18. The molecule has 1 aliphatic carbocycles. The average molecular weight is 308 g/mol. The van der Waals surface area contributed by atoms with Crippen LogP contribution < -0.4 is 10.1 Å². The van der Waals surface area contributed by atoms with Gasteiger partial charge in [-0.05, 0) is 44.9 Å². The van der Waals surface area contributed by atoms with E-state index in [9.17, 15) is 0 Å². The van der Waals surface area contributed by atoms with Crippen LogP contribution >= 0.6 is 11.8 Å². The van der Waals surface area contributed by atoms with Crippen molar-refractivity contribution in [2.24, 2.45) is 0 Å². The van der Waals surface area contributed by atoms with Gasteiger partial charge in [0.25, 0.3) is 0 Å². The van der Waals surface area contributed by atoms with Gasteiger partial charge in [-0.2, -0.15) is 11.8 Å². The highest BCUT2D eigenvalue weighted by Crippen LogP contribution is 2.35. The van der Waals surface area contributed by atoms with Crippen LogP contribution in [0.3, 0.4) is 0 Å².